The Hall–Kier alpha value is -1.60. The summed E-state index contributed by atoms with van der Waals surface area (Å²) in [6, 6.07) is 5.83. The van der Waals surface area contributed by atoms with E-state index in [4.69, 9.17) is 11.5 Å². The van der Waals surface area contributed by atoms with Gasteiger partial charge in [-0.15, -0.1) is 0 Å². The number of hydrogen-bond donors (Lipinski definition) is 3. The molecule has 0 spiro atoms. The number of benzene rings is 1. The second kappa shape index (κ2) is 11.9. The monoisotopic (exact) mass is 383 g/mol. The molecule has 0 aliphatic heterocycles. The van der Waals surface area contributed by atoms with Crippen LogP contribution in [0.25, 0.3) is 0 Å². The molecular formula is C19H33N3O3S. The van der Waals surface area contributed by atoms with Gasteiger partial charge in [0.25, 0.3) is 0 Å². The highest BCUT2D eigenvalue weighted by molar-refractivity contribution is 7.85. The molecule has 0 saturated heterocycles. The zero-order chi connectivity index (χ0) is 19.4. The summed E-state index contributed by atoms with van der Waals surface area (Å²) < 4.78 is 34.5. The molecule has 1 atom stereocenters. The Bertz CT molecular complexity index is 656. The van der Waals surface area contributed by atoms with Gasteiger partial charge in [0.05, 0.1) is 4.90 Å². The van der Waals surface area contributed by atoms with Crippen LogP contribution < -0.4 is 16.5 Å². The van der Waals surface area contributed by atoms with Crippen LogP contribution in [0.1, 0.15) is 82.7 Å². The smallest absolute Gasteiger partial charge is 0.339 e. The number of nitrogens with two attached hydrogens (primary N) is 2. The first-order valence-electron chi connectivity index (χ1n) is 9.55. The Balaban J connectivity index is 2.58. The predicted molar refractivity (Wildman–Crippen MR) is 103 cm³/mol. The summed E-state index contributed by atoms with van der Waals surface area (Å²) in [5.41, 5.74) is 11.5. The lowest BCUT2D eigenvalue weighted by Gasteiger charge is -2.18. The minimum atomic E-state index is -4.55. The fourth-order valence-electron chi connectivity index (χ4n) is 3.16. The summed E-state index contributed by atoms with van der Waals surface area (Å²) >= 11 is 0. The zero-order valence-corrected chi connectivity index (χ0v) is 16.6. The summed E-state index contributed by atoms with van der Waals surface area (Å²) in [7, 11) is -4.55. The van der Waals surface area contributed by atoms with Gasteiger partial charge in [0.15, 0.2) is 0 Å². The van der Waals surface area contributed by atoms with Crippen LogP contribution in [0.5, 0.6) is 0 Å². The van der Waals surface area contributed by atoms with Gasteiger partial charge in [-0.05, 0) is 18.9 Å². The van der Waals surface area contributed by atoms with Gasteiger partial charge in [-0.1, -0.05) is 76.5 Å². The average molecular weight is 384 g/mol. The fraction of sp³-hybridized carbons (Fsp3) is 0.632. The van der Waals surface area contributed by atoms with Crippen LogP contribution in [0.4, 0.5) is 0 Å². The largest absolute Gasteiger partial charge is 0.744 e. The molecule has 0 aliphatic carbocycles. The highest BCUT2D eigenvalue weighted by Gasteiger charge is 2.18. The Morgan fingerprint density at radius 1 is 1.00 bits per heavy atom. The normalized spacial score (nSPS) is 12.7. The van der Waals surface area contributed by atoms with Crippen molar-refractivity contribution in [3.63, 3.8) is 0 Å². The van der Waals surface area contributed by atoms with Crippen LogP contribution in [0.2, 0.25) is 0 Å². The summed E-state index contributed by atoms with van der Waals surface area (Å²) in [6.07, 6.45) is 11.5. The molecule has 1 rings (SSSR count). The topological polar surface area (TPSA) is 123 Å². The molecule has 0 aliphatic rings. The van der Waals surface area contributed by atoms with Crippen molar-refractivity contribution < 1.29 is 18.0 Å². The van der Waals surface area contributed by atoms with Crippen LogP contribution in [0.15, 0.2) is 29.2 Å². The average Bonchev–Trinajstić information content (AvgIpc) is 2.58. The first-order chi connectivity index (χ1) is 12.4. The number of rotatable bonds is 13. The quantitative estimate of drug-likeness (QED) is 0.208. The van der Waals surface area contributed by atoms with Gasteiger partial charge in [0.1, 0.15) is 16.2 Å². The van der Waals surface area contributed by atoms with Crippen molar-refractivity contribution in [2.75, 3.05) is 0 Å². The third-order valence-corrected chi connectivity index (χ3v) is 5.41. The van der Waals surface area contributed by atoms with Crippen LogP contribution in [-0.2, 0) is 10.1 Å². The number of nitrogens with one attached hydrogen (secondary N) is 1. The maximum absolute atomic E-state index is 11.5. The van der Waals surface area contributed by atoms with Crippen LogP contribution >= 0.6 is 0 Å². The Kier molecular flexibility index (Phi) is 10.3. The van der Waals surface area contributed by atoms with Gasteiger partial charge in [0.2, 0.25) is 0 Å². The van der Waals surface area contributed by atoms with Crippen molar-refractivity contribution in [2.45, 2.75) is 82.1 Å². The third kappa shape index (κ3) is 8.67. The van der Waals surface area contributed by atoms with E-state index in [0.29, 0.717) is 12.0 Å². The highest BCUT2D eigenvalue weighted by Crippen LogP contribution is 2.24. The maximum atomic E-state index is 11.5. The van der Waals surface area contributed by atoms with Gasteiger partial charge in [-0.3, -0.25) is 16.5 Å². The molecule has 0 saturated carbocycles. The molecular weight excluding hydrogens is 350 g/mol. The second-order valence-electron chi connectivity index (χ2n) is 6.76. The Labute approximate surface area is 157 Å². The van der Waals surface area contributed by atoms with E-state index in [-0.39, 0.29) is 16.9 Å². The molecule has 0 bridgehead atoms. The Morgan fingerprint density at radius 2 is 1.54 bits per heavy atom. The Morgan fingerprint density at radius 3 is 2.08 bits per heavy atom. The van der Waals surface area contributed by atoms with Crippen molar-refractivity contribution in [1.29, 1.82) is 0 Å². The number of hydrogen-bond acceptors (Lipinski definition) is 3. The molecule has 6 nitrogen and oxygen atoms in total. The van der Waals surface area contributed by atoms with E-state index in [2.05, 4.69) is 11.9 Å². The van der Waals surface area contributed by atoms with E-state index in [1.807, 2.05) is 0 Å². The summed E-state index contributed by atoms with van der Waals surface area (Å²) in [6.45, 7) is 2.21. The van der Waals surface area contributed by atoms with Gasteiger partial charge >= 0.3 is 5.96 Å². The SMILES string of the molecule is CCCCCCCCCCCC([NH+]=C(N)N)c1ccccc1S(=O)(=O)[O-]. The molecule has 1 aromatic carbocycles. The number of unbranched alkanes of at least 4 members (excludes halogenated alkanes) is 8. The van der Waals surface area contributed by atoms with E-state index in [1.165, 1.54) is 44.6 Å². The van der Waals surface area contributed by atoms with E-state index >= 15 is 0 Å². The van der Waals surface area contributed by atoms with E-state index < -0.39 is 10.1 Å². The van der Waals surface area contributed by atoms with E-state index in [0.717, 1.165) is 19.3 Å². The van der Waals surface area contributed by atoms with Crippen molar-refractivity contribution in [3.05, 3.63) is 29.8 Å². The van der Waals surface area contributed by atoms with Crippen molar-refractivity contribution in [3.8, 4) is 0 Å². The van der Waals surface area contributed by atoms with Gasteiger partial charge < -0.3 is 4.55 Å². The molecule has 7 heteroatoms. The third-order valence-electron chi connectivity index (χ3n) is 4.50. The summed E-state index contributed by atoms with van der Waals surface area (Å²) in [5, 5.41) is 0. The minimum Gasteiger partial charge on any atom is -0.744 e. The molecule has 0 amide bonds. The van der Waals surface area contributed by atoms with Crippen LogP contribution in [-0.4, -0.2) is 18.9 Å². The molecule has 26 heavy (non-hydrogen) atoms. The molecule has 1 unspecified atom stereocenters. The first kappa shape index (κ1) is 22.4. The van der Waals surface area contributed by atoms with Crippen LogP contribution in [0.3, 0.4) is 0 Å². The van der Waals surface area contributed by atoms with Gasteiger partial charge in [-0.2, -0.15) is 0 Å². The molecule has 0 radical (unpaired) electrons. The maximum Gasteiger partial charge on any atom is 0.339 e. The van der Waals surface area contributed by atoms with Crippen molar-refractivity contribution >= 4 is 16.1 Å². The zero-order valence-electron chi connectivity index (χ0n) is 15.7. The second-order valence-corrected chi connectivity index (χ2v) is 8.11. The molecule has 0 fully saturated rings. The molecule has 0 aromatic heterocycles. The van der Waals surface area contributed by atoms with Crippen molar-refractivity contribution in [1.82, 2.24) is 0 Å². The molecule has 5 N–H and O–H groups in total. The molecule has 1 aromatic rings. The predicted octanol–water partition coefficient (Wildman–Crippen LogP) is 1.91. The molecule has 0 heterocycles. The van der Waals surface area contributed by atoms with Gasteiger partial charge in [-0.25, -0.2) is 8.42 Å². The van der Waals surface area contributed by atoms with E-state index in [1.54, 1.807) is 18.2 Å². The minimum absolute atomic E-state index is 0.0176. The highest BCUT2D eigenvalue weighted by atomic mass is 32.2. The van der Waals surface area contributed by atoms with Crippen LogP contribution in [0, 0.1) is 0 Å². The summed E-state index contributed by atoms with van der Waals surface area (Å²) in [5.74, 6) is 0.0176. The van der Waals surface area contributed by atoms with Crippen molar-refractivity contribution in [2.24, 2.45) is 11.5 Å². The first-order valence-corrected chi connectivity index (χ1v) is 11.0. The molecule has 148 valence electrons. The lowest BCUT2D eigenvalue weighted by atomic mass is 9.99. The van der Waals surface area contributed by atoms with Gasteiger partial charge in [0, 0.05) is 5.56 Å². The fourth-order valence-corrected chi connectivity index (χ4v) is 3.91. The summed E-state index contributed by atoms with van der Waals surface area (Å²) in [4.78, 5) is 2.69. The van der Waals surface area contributed by atoms with E-state index in [9.17, 15) is 13.0 Å². The standard InChI is InChI=1S/C19H33N3O3S/c1-2-3-4-5-6-7-8-9-10-14-17(22-19(20)21)16-13-11-12-15-18(16)26(23,24)25/h11-13,15,17H,2-10,14H2,1H3,(H4,20,21,22)(H,23,24,25). The lowest BCUT2D eigenvalue weighted by Crippen LogP contribution is -2.79. The lowest BCUT2D eigenvalue weighted by molar-refractivity contribution is -0.513. The number of guanidine groups is 1.